The van der Waals surface area contributed by atoms with E-state index < -0.39 is 9.84 Å². The molecule has 0 saturated heterocycles. The van der Waals surface area contributed by atoms with Crippen molar-refractivity contribution in [3.05, 3.63) is 47.5 Å². The summed E-state index contributed by atoms with van der Waals surface area (Å²) in [5.74, 6) is 0. The molecule has 0 aliphatic rings. The first kappa shape index (κ1) is 13.7. The van der Waals surface area contributed by atoms with E-state index in [4.69, 9.17) is 17.3 Å². The Bertz CT molecular complexity index is 714. The Labute approximate surface area is 117 Å². The van der Waals surface area contributed by atoms with Crippen LogP contribution in [0.25, 0.3) is 0 Å². The van der Waals surface area contributed by atoms with Crippen LogP contribution in [-0.2, 0) is 9.84 Å². The van der Waals surface area contributed by atoms with Crippen LogP contribution in [0.4, 0.5) is 17.1 Å². The van der Waals surface area contributed by atoms with Crippen LogP contribution < -0.4 is 11.1 Å². The molecule has 0 unspecified atom stereocenters. The fourth-order valence-electron chi connectivity index (χ4n) is 1.70. The van der Waals surface area contributed by atoms with Gasteiger partial charge in [-0.3, -0.25) is 0 Å². The lowest BCUT2D eigenvalue weighted by molar-refractivity contribution is 0.602. The number of nitrogens with one attached hydrogen (secondary N) is 1. The van der Waals surface area contributed by atoms with E-state index in [1.54, 1.807) is 30.3 Å². The van der Waals surface area contributed by atoms with Crippen molar-refractivity contribution in [2.24, 2.45) is 0 Å². The van der Waals surface area contributed by atoms with Gasteiger partial charge in [-0.25, -0.2) is 8.42 Å². The molecule has 6 heteroatoms. The Balaban J connectivity index is 2.42. The smallest absolute Gasteiger partial charge is 0.177 e. The molecule has 4 nitrogen and oxygen atoms in total. The van der Waals surface area contributed by atoms with Crippen LogP contribution in [0.2, 0.25) is 5.02 Å². The second kappa shape index (κ2) is 5.11. The zero-order valence-corrected chi connectivity index (χ0v) is 11.8. The maximum atomic E-state index is 11.6. The van der Waals surface area contributed by atoms with Gasteiger partial charge in [-0.1, -0.05) is 23.7 Å². The summed E-state index contributed by atoms with van der Waals surface area (Å²) in [5, 5.41) is 3.64. The molecule has 0 bridgehead atoms. The lowest BCUT2D eigenvalue weighted by Crippen LogP contribution is -2.05. The van der Waals surface area contributed by atoms with Crippen molar-refractivity contribution in [2.45, 2.75) is 4.90 Å². The number of hydrogen-bond donors (Lipinski definition) is 2. The fraction of sp³-hybridized carbons (Fsp3) is 0.0769. The predicted octanol–water partition coefficient (Wildman–Crippen LogP) is 3.07. The molecule has 0 radical (unpaired) electrons. The molecule has 0 saturated carbocycles. The van der Waals surface area contributed by atoms with Crippen LogP contribution in [0.3, 0.4) is 0 Å². The fourth-order valence-corrected chi connectivity index (χ4v) is 2.72. The van der Waals surface area contributed by atoms with Crippen molar-refractivity contribution < 1.29 is 8.42 Å². The van der Waals surface area contributed by atoms with Crippen LogP contribution in [0.1, 0.15) is 0 Å². The van der Waals surface area contributed by atoms with Crippen molar-refractivity contribution in [1.29, 1.82) is 0 Å². The Morgan fingerprint density at radius 2 is 1.84 bits per heavy atom. The molecular formula is C13H13ClN2O2S. The van der Waals surface area contributed by atoms with Gasteiger partial charge in [0.15, 0.2) is 9.84 Å². The third-order valence-corrected chi connectivity index (χ3v) is 3.96. The quantitative estimate of drug-likeness (QED) is 0.854. The molecule has 19 heavy (non-hydrogen) atoms. The first-order valence-electron chi connectivity index (χ1n) is 5.49. The standard InChI is InChI=1S/C13H13ClN2O2S/c1-19(17,18)12-7-3-6-11(13(12)15)16-10-5-2-4-9(14)8-10/h2-8,16H,15H2,1H3. The number of hydrogen-bond acceptors (Lipinski definition) is 4. The number of sulfone groups is 1. The van der Waals surface area contributed by atoms with E-state index in [2.05, 4.69) is 5.32 Å². The van der Waals surface area contributed by atoms with Gasteiger partial charge in [-0.2, -0.15) is 0 Å². The number of halogens is 1. The number of rotatable bonds is 3. The van der Waals surface area contributed by atoms with Crippen molar-refractivity contribution in [3.63, 3.8) is 0 Å². The van der Waals surface area contributed by atoms with Gasteiger partial charge in [-0.05, 0) is 30.3 Å². The molecule has 0 aliphatic heterocycles. The number of anilines is 3. The lowest BCUT2D eigenvalue weighted by atomic mass is 10.2. The molecule has 0 fully saturated rings. The van der Waals surface area contributed by atoms with Crippen LogP contribution >= 0.6 is 11.6 Å². The molecule has 3 N–H and O–H groups in total. The second-order valence-corrected chi connectivity index (χ2v) is 6.55. The van der Waals surface area contributed by atoms with Gasteiger partial charge >= 0.3 is 0 Å². The number of para-hydroxylation sites is 1. The van der Waals surface area contributed by atoms with Crippen molar-refractivity contribution in [3.8, 4) is 0 Å². The molecule has 0 atom stereocenters. The normalized spacial score (nSPS) is 11.3. The Hall–Kier alpha value is -1.72. The Kier molecular flexibility index (Phi) is 3.68. The van der Waals surface area contributed by atoms with E-state index in [0.29, 0.717) is 10.7 Å². The molecule has 2 rings (SSSR count). The highest BCUT2D eigenvalue weighted by Crippen LogP contribution is 2.29. The average molecular weight is 297 g/mol. The first-order valence-corrected chi connectivity index (χ1v) is 7.76. The van der Waals surface area contributed by atoms with Gasteiger partial charge in [0.2, 0.25) is 0 Å². The Morgan fingerprint density at radius 3 is 2.47 bits per heavy atom. The molecule has 2 aromatic rings. The van der Waals surface area contributed by atoms with Gasteiger partial charge in [0.25, 0.3) is 0 Å². The first-order chi connectivity index (χ1) is 8.88. The van der Waals surface area contributed by atoms with Crippen LogP contribution in [0.5, 0.6) is 0 Å². The minimum absolute atomic E-state index is 0.111. The molecule has 0 aliphatic carbocycles. The van der Waals surface area contributed by atoms with E-state index in [1.807, 2.05) is 6.07 Å². The van der Waals surface area contributed by atoms with Crippen LogP contribution in [0, 0.1) is 0 Å². The summed E-state index contributed by atoms with van der Waals surface area (Å²) >= 11 is 5.89. The molecule has 0 heterocycles. The topological polar surface area (TPSA) is 72.2 Å². The molecular weight excluding hydrogens is 284 g/mol. The van der Waals surface area contributed by atoms with Crippen LogP contribution in [-0.4, -0.2) is 14.7 Å². The number of nitrogen functional groups attached to an aromatic ring is 1. The van der Waals surface area contributed by atoms with Gasteiger partial charge in [0.1, 0.15) is 0 Å². The summed E-state index contributed by atoms with van der Waals surface area (Å²) in [7, 11) is -3.35. The maximum absolute atomic E-state index is 11.6. The third kappa shape index (κ3) is 3.19. The summed E-state index contributed by atoms with van der Waals surface area (Å²) in [6.45, 7) is 0. The summed E-state index contributed by atoms with van der Waals surface area (Å²) < 4.78 is 23.2. The second-order valence-electron chi connectivity index (χ2n) is 4.12. The SMILES string of the molecule is CS(=O)(=O)c1cccc(Nc2cccc(Cl)c2)c1N. The monoisotopic (exact) mass is 296 g/mol. The minimum Gasteiger partial charge on any atom is -0.396 e. The minimum atomic E-state index is -3.35. The largest absolute Gasteiger partial charge is 0.396 e. The molecule has 0 aromatic heterocycles. The van der Waals surface area contributed by atoms with Crippen molar-refractivity contribution >= 4 is 38.5 Å². The van der Waals surface area contributed by atoms with Gasteiger partial charge < -0.3 is 11.1 Å². The predicted molar refractivity (Wildman–Crippen MR) is 78.7 cm³/mol. The highest BCUT2D eigenvalue weighted by Gasteiger charge is 2.14. The van der Waals surface area contributed by atoms with E-state index >= 15 is 0 Å². The molecule has 100 valence electrons. The summed E-state index contributed by atoms with van der Waals surface area (Å²) in [6.07, 6.45) is 1.13. The highest BCUT2D eigenvalue weighted by molar-refractivity contribution is 7.90. The summed E-state index contributed by atoms with van der Waals surface area (Å²) in [4.78, 5) is 0.111. The zero-order chi connectivity index (χ0) is 14.0. The van der Waals surface area contributed by atoms with Crippen molar-refractivity contribution in [1.82, 2.24) is 0 Å². The summed E-state index contributed by atoms with van der Waals surface area (Å²) in [6, 6.07) is 11.9. The average Bonchev–Trinajstić information content (AvgIpc) is 2.30. The zero-order valence-electron chi connectivity index (χ0n) is 10.2. The maximum Gasteiger partial charge on any atom is 0.177 e. The van der Waals surface area contributed by atoms with Gasteiger partial charge in [0, 0.05) is 17.0 Å². The van der Waals surface area contributed by atoms with Crippen molar-refractivity contribution in [2.75, 3.05) is 17.3 Å². The van der Waals surface area contributed by atoms with E-state index in [0.717, 1.165) is 11.9 Å². The molecule has 2 aromatic carbocycles. The van der Waals surface area contributed by atoms with E-state index in [9.17, 15) is 8.42 Å². The molecule has 0 amide bonds. The van der Waals surface area contributed by atoms with Crippen LogP contribution in [0.15, 0.2) is 47.4 Å². The highest BCUT2D eigenvalue weighted by atomic mass is 35.5. The number of benzene rings is 2. The van der Waals surface area contributed by atoms with E-state index in [-0.39, 0.29) is 10.6 Å². The summed E-state index contributed by atoms with van der Waals surface area (Å²) in [5.41, 5.74) is 7.35. The lowest BCUT2D eigenvalue weighted by Gasteiger charge is -2.12. The van der Waals surface area contributed by atoms with Gasteiger partial charge in [0.05, 0.1) is 16.3 Å². The number of nitrogens with two attached hydrogens (primary N) is 1. The van der Waals surface area contributed by atoms with E-state index in [1.165, 1.54) is 6.07 Å². The Morgan fingerprint density at radius 1 is 1.16 bits per heavy atom. The molecule has 0 spiro atoms. The van der Waals surface area contributed by atoms with Gasteiger partial charge in [-0.15, -0.1) is 0 Å². The third-order valence-electron chi connectivity index (χ3n) is 2.57.